The monoisotopic (exact) mass is 342 g/mol. The molecule has 6 heteroatoms. The minimum absolute atomic E-state index is 0.113. The number of nitrogens with zero attached hydrogens (tertiary/aromatic N) is 2. The first-order valence-corrected chi connectivity index (χ1v) is 8.91. The van der Waals surface area contributed by atoms with Crippen LogP contribution in [0.3, 0.4) is 0 Å². The minimum atomic E-state index is -3.92. The Morgan fingerprint density at radius 1 is 0.875 bits per heavy atom. The van der Waals surface area contributed by atoms with Crippen LogP contribution in [0.15, 0.2) is 59.5 Å². The first kappa shape index (κ1) is 16.3. The first-order valence-electron chi connectivity index (χ1n) is 7.50. The van der Waals surface area contributed by atoms with Gasteiger partial charge < -0.3 is 4.18 Å². The molecular weight excluding hydrogens is 324 g/mol. The molecule has 3 rings (SSSR count). The molecule has 0 N–H and O–H groups in total. The van der Waals surface area contributed by atoms with Crippen molar-refractivity contribution in [3.05, 3.63) is 71.4 Å². The van der Waals surface area contributed by atoms with Crippen LogP contribution in [-0.4, -0.2) is 18.2 Å². The summed E-state index contributed by atoms with van der Waals surface area (Å²) in [5.41, 5.74) is 3.50. The number of benzene rings is 2. The zero-order valence-electron chi connectivity index (χ0n) is 13.7. The van der Waals surface area contributed by atoms with Crippen molar-refractivity contribution in [2.75, 3.05) is 0 Å². The molecule has 0 saturated heterocycles. The second-order valence-electron chi connectivity index (χ2n) is 5.72. The fourth-order valence-corrected chi connectivity index (χ4v) is 3.18. The maximum atomic E-state index is 12.5. The minimum Gasteiger partial charge on any atom is -0.358 e. The second-order valence-corrected chi connectivity index (χ2v) is 7.27. The smallest absolute Gasteiger partial charge is 0.340 e. The fraction of sp³-hybridized carbons (Fsp3) is 0.167. The summed E-state index contributed by atoms with van der Waals surface area (Å²) in [6.45, 7) is 5.67. The van der Waals surface area contributed by atoms with Gasteiger partial charge in [0.1, 0.15) is 4.90 Å². The average molecular weight is 342 g/mol. The van der Waals surface area contributed by atoms with Gasteiger partial charge in [0, 0.05) is 6.07 Å². The summed E-state index contributed by atoms with van der Waals surface area (Å²) in [7, 11) is -3.92. The highest BCUT2D eigenvalue weighted by Crippen LogP contribution is 2.23. The van der Waals surface area contributed by atoms with E-state index in [9.17, 15) is 8.42 Å². The molecule has 24 heavy (non-hydrogen) atoms. The Kier molecular flexibility index (Phi) is 4.15. The van der Waals surface area contributed by atoms with Crippen molar-refractivity contribution >= 4 is 10.1 Å². The van der Waals surface area contributed by atoms with Crippen LogP contribution in [0.2, 0.25) is 0 Å². The van der Waals surface area contributed by atoms with E-state index in [-0.39, 0.29) is 10.8 Å². The van der Waals surface area contributed by atoms with Crippen molar-refractivity contribution in [2.24, 2.45) is 0 Å². The predicted octanol–water partition coefficient (Wildman–Crippen LogP) is 3.57. The van der Waals surface area contributed by atoms with E-state index in [0.29, 0.717) is 5.69 Å². The highest BCUT2D eigenvalue weighted by atomic mass is 32.2. The Balaban J connectivity index is 1.98. The Bertz CT molecular complexity index is 957. The Labute approximate surface area is 141 Å². The van der Waals surface area contributed by atoms with Gasteiger partial charge in [0.15, 0.2) is 0 Å². The highest BCUT2D eigenvalue weighted by molar-refractivity contribution is 7.87. The van der Waals surface area contributed by atoms with E-state index in [4.69, 9.17) is 4.18 Å². The molecule has 0 amide bonds. The molecule has 0 aliphatic heterocycles. The SMILES string of the molecule is Cc1ccc(-n2nc(C)cc2OS(=O)(=O)c2ccc(C)cc2)cc1. The van der Waals surface area contributed by atoms with Gasteiger partial charge in [-0.15, -0.1) is 0 Å². The van der Waals surface area contributed by atoms with Gasteiger partial charge in [-0.2, -0.15) is 18.2 Å². The van der Waals surface area contributed by atoms with Crippen molar-refractivity contribution in [1.82, 2.24) is 9.78 Å². The fourth-order valence-electron chi connectivity index (χ4n) is 2.27. The number of aryl methyl sites for hydroxylation is 3. The molecule has 0 radical (unpaired) electrons. The van der Waals surface area contributed by atoms with Gasteiger partial charge in [0.2, 0.25) is 5.88 Å². The number of hydrogen-bond acceptors (Lipinski definition) is 4. The van der Waals surface area contributed by atoms with Crippen LogP contribution in [0.5, 0.6) is 5.88 Å². The van der Waals surface area contributed by atoms with Crippen molar-refractivity contribution in [1.29, 1.82) is 0 Å². The van der Waals surface area contributed by atoms with Crippen LogP contribution >= 0.6 is 0 Å². The standard InChI is InChI=1S/C18H18N2O3S/c1-13-4-8-16(9-5-13)20-18(12-15(3)19-20)23-24(21,22)17-10-6-14(2)7-11-17/h4-12H,1-3H3. The molecule has 124 valence electrons. The van der Waals surface area contributed by atoms with Gasteiger partial charge in [0.25, 0.3) is 0 Å². The van der Waals surface area contributed by atoms with E-state index in [2.05, 4.69) is 5.10 Å². The molecule has 2 aromatic carbocycles. The number of aromatic nitrogens is 2. The van der Waals surface area contributed by atoms with E-state index in [1.54, 1.807) is 25.1 Å². The third-order valence-electron chi connectivity index (χ3n) is 3.58. The molecule has 0 atom stereocenters. The topological polar surface area (TPSA) is 61.2 Å². The van der Waals surface area contributed by atoms with E-state index in [1.165, 1.54) is 16.8 Å². The van der Waals surface area contributed by atoms with Gasteiger partial charge in [-0.3, -0.25) is 0 Å². The highest BCUT2D eigenvalue weighted by Gasteiger charge is 2.20. The molecule has 3 aromatic rings. The molecule has 0 aliphatic carbocycles. The van der Waals surface area contributed by atoms with Crippen molar-refractivity contribution in [2.45, 2.75) is 25.7 Å². The summed E-state index contributed by atoms with van der Waals surface area (Å²) in [5.74, 6) is 0.164. The maximum Gasteiger partial charge on any atom is 0.340 e. The third-order valence-corrected chi connectivity index (χ3v) is 4.82. The summed E-state index contributed by atoms with van der Waals surface area (Å²) in [6, 6.07) is 15.7. The molecule has 1 aromatic heterocycles. The molecular formula is C18H18N2O3S. The van der Waals surface area contributed by atoms with E-state index in [0.717, 1.165) is 16.8 Å². The Morgan fingerprint density at radius 2 is 1.42 bits per heavy atom. The normalized spacial score (nSPS) is 11.5. The second kappa shape index (κ2) is 6.13. The lowest BCUT2D eigenvalue weighted by molar-refractivity contribution is 0.465. The summed E-state index contributed by atoms with van der Waals surface area (Å²) in [5, 5.41) is 4.33. The Hall–Kier alpha value is -2.60. The maximum absolute atomic E-state index is 12.5. The van der Waals surface area contributed by atoms with Crippen LogP contribution in [0.25, 0.3) is 5.69 Å². The summed E-state index contributed by atoms with van der Waals surface area (Å²) in [4.78, 5) is 0.113. The zero-order valence-corrected chi connectivity index (χ0v) is 14.5. The average Bonchev–Trinajstić information content (AvgIpc) is 2.88. The van der Waals surface area contributed by atoms with Gasteiger partial charge >= 0.3 is 10.1 Å². The predicted molar refractivity (Wildman–Crippen MR) is 92.0 cm³/mol. The van der Waals surface area contributed by atoms with Gasteiger partial charge in [0.05, 0.1) is 11.4 Å². The van der Waals surface area contributed by atoms with Crippen LogP contribution in [0.4, 0.5) is 0 Å². The quantitative estimate of drug-likeness (QED) is 0.680. The van der Waals surface area contributed by atoms with E-state index >= 15 is 0 Å². The zero-order chi connectivity index (χ0) is 17.3. The van der Waals surface area contributed by atoms with Gasteiger partial charge in [-0.25, -0.2) is 0 Å². The molecule has 1 heterocycles. The summed E-state index contributed by atoms with van der Waals surface area (Å²) >= 11 is 0. The van der Waals surface area contributed by atoms with Crippen LogP contribution in [0, 0.1) is 20.8 Å². The van der Waals surface area contributed by atoms with Crippen LogP contribution in [-0.2, 0) is 10.1 Å². The van der Waals surface area contributed by atoms with Crippen molar-refractivity contribution in [3.63, 3.8) is 0 Å². The third kappa shape index (κ3) is 3.33. The molecule has 0 bridgehead atoms. The number of hydrogen-bond donors (Lipinski definition) is 0. The van der Waals surface area contributed by atoms with Crippen LogP contribution in [0.1, 0.15) is 16.8 Å². The lowest BCUT2D eigenvalue weighted by Gasteiger charge is -2.10. The van der Waals surface area contributed by atoms with Gasteiger partial charge in [-0.1, -0.05) is 35.4 Å². The largest absolute Gasteiger partial charge is 0.358 e. The Morgan fingerprint density at radius 3 is 2.00 bits per heavy atom. The first-order chi connectivity index (χ1) is 11.3. The molecule has 0 saturated carbocycles. The molecule has 0 unspecified atom stereocenters. The molecule has 0 fully saturated rings. The lowest BCUT2D eigenvalue weighted by Crippen LogP contribution is -2.12. The van der Waals surface area contributed by atoms with Crippen molar-refractivity contribution < 1.29 is 12.6 Å². The number of rotatable bonds is 4. The van der Waals surface area contributed by atoms with Crippen molar-refractivity contribution in [3.8, 4) is 11.6 Å². The lowest BCUT2D eigenvalue weighted by atomic mass is 10.2. The van der Waals surface area contributed by atoms with Crippen LogP contribution < -0.4 is 4.18 Å². The molecule has 0 spiro atoms. The summed E-state index contributed by atoms with van der Waals surface area (Å²) in [6.07, 6.45) is 0. The molecule has 5 nitrogen and oxygen atoms in total. The van der Waals surface area contributed by atoms with E-state index in [1.807, 2.05) is 38.1 Å². The summed E-state index contributed by atoms with van der Waals surface area (Å²) < 4.78 is 31.8. The molecule has 0 aliphatic rings. The van der Waals surface area contributed by atoms with Gasteiger partial charge in [-0.05, 0) is 45.0 Å². The van der Waals surface area contributed by atoms with E-state index < -0.39 is 10.1 Å².